The molecule has 0 bridgehead atoms. The van der Waals surface area contributed by atoms with Crippen molar-refractivity contribution in [3.63, 3.8) is 0 Å². The first-order valence-electron chi connectivity index (χ1n) is 12.4. The predicted octanol–water partition coefficient (Wildman–Crippen LogP) is 4.30. The fourth-order valence-electron chi connectivity index (χ4n) is 4.72. The number of carbonyl (C=O) groups is 1. The lowest BCUT2D eigenvalue weighted by molar-refractivity contribution is -0.0189. The van der Waals surface area contributed by atoms with Crippen molar-refractivity contribution in [1.29, 1.82) is 0 Å². The molecule has 0 spiro atoms. The third kappa shape index (κ3) is 4.80. The number of nitrogens with one attached hydrogen (secondary N) is 1. The third-order valence-corrected chi connectivity index (χ3v) is 8.76. The molecule has 1 aliphatic heterocycles. The maximum Gasteiger partial charge on any atom is 0.340 e. The summed E-state index contributed by atoms with van der Waals surface area (Å²) in [5.41, 5.74) is 7.23. The molecule has 4 heterocycles. The average molecular weight is 524 g/mol. The number of aromatic nitrogens is 3. The van der Waals surface area contributed by atoms with Gasteiger partial charge in [0.1, 0.15) is 23.3 Å². The predicted molar refractivity (Wildman–Crippen MR) is 144 cm³/mol. The van der Waals surface area contributed by atoms with Gasteiger partial charge in [0.25, 0.3) is 0 Å². The van der Waals surface area contributed by atoms with E-state index in [1.165, 1.54) is 0 Å². The highest BCUT2D eigenvalue weighted by molar-refractivity contribution is 7.84. The highest BCUT2D eigenvalue weighted by atomic mass is 32.2. The molecule has 3 aromatic heterocycles. The molecular formula is C27H33N5O4S. The zero-order chi connectivity index (χ0) is 26.7. The van der Waals surface area contributed by atoms with Crippen molar-refractivity contribution < 1.29 is 18.5 Å². The summed E-state index contributed by atoms with van der Waals surface area (Å²) in [5.74, 6) is 1.22. The van der Waals surface area contributed by atoms with Crippen LogP contribution in [0.15, 0.2) is 30.6 Å². The first-order chi connectivity index (χ1) is 17.3. The Morgan fingerprint density at radius 1 is 1.16 bits per heavy atom. The van der Waals surface area contributed by atoms with Crippen LogP contribution in [0.4, 0.5) is 11.6 Å². The van der Waals surface area contributed by atoms with Gasteiger partial charge in [0.05, 0.1) is 16.6 Å². The molecule has 9 nitrogen and oxygen atoms in total. The van der Waals surface area contributed by atoms with E-state index in [1.54, 1.807) is 30.8 Å². The van der Waals surface area contributed by atoms with E-state index in [-0.39, 0.29) is 23.2 Å². The Bertz CT molecular complexity index is 1410. The van der Waals surface area contributed by atoms with Gasteiger partial charge >= 0.3 is 5.97 Å². The minimum absolute atomic E-state index is 0.0169. The van der Waals surface area contributed by atoms with Gasteiger partial charge in [-0.25, -0.2) is 19.7 Å². The molecule has 0 aromatic carbocycles. The van der Waals surface area contributed by atoms with Gasteiger partial charge in [-0.05, 0) is 69.7 Å². The number of esters is 1. The number of rotatable bonds is 6. The molecule has 3 aromatic rings. The first kappa shape index (κ1) is 25.5. The summed E-state index contributed by atoms with van der Waals surface area (Å²) in [5, 5.41) is 5.09. The van der Waals surface area contributed by atoms with E-state index in [2.05, 4.69) is 15.3 Å². The lowest BCUT2D eigenvalue weighted by Crippen LogP contribution is -2.40. The van der Waals surface area contributed by atoms with Gasteiger partial charge in [0, 0.05) is 46.2 Å². The number of hydrogen-bond acceptors (Lipinski definition) is 9. The molecule has 0 radical (unpaired) electrons. The van der Waals surface area contributed by atoms with Crippen LogP contribution in [-0.2, 0) is 21.1 Å². The van der Waals surface area contributed by atoms with Gasteiger partial charge in [-0.1, -0.05) is 6.92 Å². The van der Waals surface area contributed by atoms with Gasteiger partial charge in [0.15, 0.2) is 0 Å². The molecule has 37 heavy (non-hydrogen) atoms. The summed E-state index contributed by atoms with van der Waals surface area (Å²) >= 11 is 0. The van der Waals surface area contributed by atoms with Gasteiger partial charge in [-0.3, -0.25) is 4.21 Å². The number of nitrogens with two attached hydrogens (primary N) is 1. The van der Waals surface area contributed by atoms with Crippen molar-refractivity contribution in [3.8, 4) is 5.88 Å². The topological polar surface area (TPSA) is 129 Å². The third-order valence-electron chi connectivity index (χ3n) is 7.44. The molecule has 2 unspecified atom stereocenters. The number of hydrogen-bond donors (Lipinski definition) is 2. The molecule has 196 valence electrons. The monoisotopic (exact) mass is 523 g/mol. The number of nitrogens with zero attached hydrogens (tertiary/aromatic N) is 3. The Labute approximate surface area is 219 Å². The summed E-state index contributed by atoms with van der Waals surface area (Å²) in [7, 11) is -0.846. The summed E-state index contributed by atoms with van der Waals surface area (Å²) in [4.78, 5) is 26.3. The molecule has 1 aliphatic carbocycles. The van der Waals surface area contributed by atoms with Crippen LogP contribution in [0.1, 0.15) is 75.0 Å². The normalized spacial score (nSPS) is 23.5. The summed E-state index contributed by atoms with van der Waals surface area (Å²) in [6.45, 7) is 9.64. The van der Waals surface area contributed by atoms with E-state index in [0.717, 1.165) is 29.2 Å². The number of fused-ring (bicyclic) bond motifs is 2. The molecule has 2 aliphatic rings. The zero-order valence-corrected chi connectivity index (χ0v) is 22.8. The molecule has 1 fully saturated rings. The van der Waals surface area contributed by atoms with Crippen molar-refractivity contribution in [2.45, 2.75) is 75.9 Å². The lowest BCUT2D eigenvalue weighted by atomic mass is 9.84. The van der Waals surface area contributed by atoms with E-state index in [0.29, 0.717) is 28.8 Å². The van der Waals surface area contributed by atoms with Crippen LogP contribution in [-0.4, -0.2) is 48.3 Å². The van der Waals surface area contributed by atoms with E-state index >= 15 is 0 Å². The van der Waals surface area contributed by atoms with Crippen LogP contribution in [0, 0.1) is 0 Å². The van der Waals surface area contributed by atoms with Crippen molar-refractivity contribution in [2.75, 3.05) is 11.6 Å². The van der Waals surface area contributed by atoms with Crippen LogP contribution in [0.2, 0.25) is 0 Å². The van der Waals surface area contributed by atoms with Crippen LogP contribution in [0.3, 0.4) is 0 Å². The number of anilines is 2. The van der Waals surface area contributed by atoms with Crippen LogP contribution >= 0.6 is 0 Å². The first-order valence-corrected chi connectivity index (χ1v) is 14.0. The Hall–Kier alpha value is -3.11. The van der Waals surface area contributed by atoms with Crippen molar-refractivity contribution in [2.24, 2.45) is 5.73 Å². The Kier molecular flexibility index (Phi) is 6.23. The maximum atomic E-state index is 12.4. The molecule has 5 rings (SSSR count). The lowest BCUT2D eigenvalue weighted by Gasteiger charge is -2.36. The Morgan fingerprint density at radius 2 is 1.89 bits per heavy atom. The molecule has 3 N–H and O–H groups in total. The number of ether oxygens (including phenoxy) is 2. The second-order valence-corrected chi connectivity index (χ2v) is 12.8. The Balaban J connectivity index is 1.48. The molecule has 0 amide bonds. The molecule has 2 atom stereocenters. The molecule has 0 saturated heterocycles. The minimum Gasteiger partial charge on any atom is -0.474 e. The Morgan fingerprint density at radius 3 is 2.57 bits per heavy atom. The highest BCUT2D eigenvalue weighted by Gasteiger charge is 2.40. The van der Waals surface area contributed by atoms with Gasteiger partial charge in [-0.2, -0.15) is 0 Å². The molecule has 1 saturated carbocycles. The number of pyridine rings is 3. The van der Waals surface area contributed by atoms with Gasteiger partial charge < -0.3 is 20.5 Å². The van der Waals surface area contributed by atoms with Crippen molar-refractivity contribution in [3.05, 3.63) is 47.4 Å². The fourth-order valence-corrected chi connectivity index (χ4v) is 5.69. The second-order valence-electron chi connectivity index (χ2n) is 11.1. The summed E-state index contributed by atoms with van der Waals surface area (Å²) < 4.78 is 23.5. The van der Waals surface area contributed by atoms with Crippen LogP contribution in [0.25, 0.3) is 10.8 Å². The highest BCUT2D eigenvalue weighted by Crippen LogP contribution is 2.39. The summed E-state index contributed by atoms with van der Waals surface area (Å²) in [6.07, 6.45) is 6.69. The van der Waals surface area contributed by atoms with Gasteiger partial charge in [0.2, 0.25) is 5.88 Å². The second kappa shape index (κ2) is 9.02. The average Bonchev–Trinajstić information content (AvgIpc) is 2.78. The SMILES string of the molecule is CC1c2nc(Nc3cc4c(C(C)(C)N)cnc(OC5CC(S(C)=O)C5)c4cn3)ccc2C(=O)OC1(C)C. The van der Waals surface area contributed by atoms with E-state index in [1.807, 2.05) is 40.7 Å². The van der Waals surface area contributed by atoms with Crippen molar-refractivity contribution >= 4 is 39.2 Å². The fraction of sp³-hybridized carbons (Fsp3) is 0.481. The number of cyclic esters (lactones) is 1. The largest absolute Gasteiger partial charge is 0.474 e. The quantitative estimate of drug-likeness (QED) is 0.454. The standard InChI is InChI=1S/C27H33N5O4S/c1-14-23-17(25(33)36-27(14,4)5)7-8-21(32-23)31-22-11-18-19(12-29-22)24(30-13-20(18)26(2,3)28)35-15-9-16(10-15)37(6)34/h7-8,11-16H,9-10,28H2,1-6H3,(H,29,31,32). The van der Waals surface area contributed by atoms with Crippen molar-refractivity contribution in [1.82, 2.24) is 15.0 Å². The maximum absolute atomic E-state index is 12.4. The molecule has 10 heteroatoms. The van der Waals surface area contributed by atoms with Crippen LogP contribution in [0.5, 0.6) is 5.88 Å². The van der Waals surface area contributed by atoms with E-state index < -0.39 is 21.9 Å². The number of carbonyl (C=O) groups excluding carboxylic acids is 1. The van der Waals surface area contributed by atoms with Crippen LogP contribution < -0.4 is 15.8 Å². The molecular weight excluding hydrogens is 490 g/mol. The smallest absolute Gasteiger partial charge is 0.340 e. The van der Waals surface area contributed by atoms with E-state index in [4.69, 9.17) is 20.2 Å². The summed E-state index contributed by atoms with van der Waals surface area (Å²) in [6, 6.07) is 5.40. The zero-order valence-electron chi connectivity index (χ0n) is 22.0. The van der Waals surface area contributed by atoms with Gasteiger partial charge in [-0.15, -0.1) is 0 Å². The minimum atomic E-state index is -0.846. The van der Waals surface area contributed by atoms with E-state index in [9.17, 15) is 9.00 Å².